The minimum absolute atomic E-state index is 0.154. The van der Waals surface area contributed by atoms with Gasteiger partial charge < -0.3 is 0 Å². The molecule has 0 radical (unpaired) electrons. The van der Waals surface area contributed by atoms with Gasteiger partial charge >= 0.3 is 0 Å². The van der Waals surface area contributed by atoms with Crippen molar-refractivity contribution in [3.05, 3.63) is 64.1 Å². The minimum atomic E-state index is -3.53. The van der Waals surface area contributed by atoms with Gasteiger partial charge in [-0.1, -0.05) is 36.4 Å². The number of sulfonamides is 1. The molecule has 0 atom stereocenters. The van der Waals surface area contributed by atoms with Crippen molar-refractivity contribution >= 4 is 49.0 Å². The molecular weight excluding hydrogens is 402 g/mol. The van der Waals surface area contributed by atoms with Crippen LogP contribution < -0.4 is 4.31 Å². The fraction of sp³-hybridized carbons (Fsp3) is 0.188. The summed E-state index contributed by atoms with van der Waals surface area (Å²) in [5.41, 5.74) is 1.63. The fourth-order valence-corrected chi connectivity index (χ4v) is 3.71. The van der Waals surface area contributed by atoms with Crippen LogP contribution >= 0.6 is 27.5 Å². The summed E-state index contributed by atoms with van der Waals surface area (Å²) in [6.07, 6.45) is 1.14. The normalized spacial score (nSPS) is 11.3. The molecule has 122 valence electrons. The smallest absolute Gasteiger partial charge is 0.232 e. The second-order valence-electron chi connectivity index (χ2n) is 4.98. The third-order valence-corrected chi connectivity index (χ3v) is 5.27. The van der Waals surface area contributed by atoms with Gasteiger partial charge in [-0.05, 0) is 33.6 Å². The van der Waals surface area contributed by atoms with Crippen LogP contribution in [0.25, 0.3) is 0 Å². The molecule has 0 aliphatic rings. The molecule has 0 N–H and O–H groups in total. The summed E-state index contributed by atoms with van der Waals surface area (Å²) in [5.74, 6) is -0.410. The highest BCUT2D eigenvalue weighted by atomic mass is 79.9. The van der Waals surface area contributed by atoms with Crippen molar-refractivity contribution < 1.29 is 13.2 Å². The lowest BCUT2D eigenvalue weighted by atomic mass is 10.1. The first-order valence-electron chi connectivity index (χ1n) is 6.73. The predicted molar refractivity (Wildman–Crippen MR) is 96.7 cm³/mol. The van der Waals surface area contributed by atoms with Gasteiger partial charge in [-0.15, -0.1) is 11.6 Å². The second kappa shape index (κ2) is 7.47. The van der Waals surface area contributed by atoms with Crippen LogP contribution in [0.15, 0.2) is 53.0 Å². The molecule has 0 fully saturated rings. The van der Waals surface area contributed by atoms with Gasteiger partial charge in [0.05, 0.1) is 24.4 Å². The first-order chi connectivity index (χ1) is 10.8. The van der Waals surface area contributed by atoms with Crippen molar-refractivity contribution in [2.24, 2.45) is 0 Å². The van der Waals surface area contributed by atoms with Gasteiger partial charge in [0.2, 0.25) is 10.0 Å². The number of rotatable bonds is 6. The topological polar surface area (TPSA) is 54.5 Å². The van der Waals surface area contributed by atoms with Gasteiger partial charge in [0.15, 0.2) is 5.78 Å². The molecule has 0 saturated heterocycles. The van der Waals surface area contributed by atoms with Gasteiger partial charge in [-0.25, -0.2) is 8.42 Å². The first kappa shape index (κ1) is 18.0. The van der Waals surface area contributed by atoms with Crippen LogP contribution in [0.1, 0.15) is 15.9 Å². The highest BCUT2D eigenvalue weighted by molar-refractivity contribution is 9.10. The molecule has 0 saturated carbocycles. The van der Waals surface area contributed by atoms with Crippen LogP contribution in [-0.2, 0) is 16.6 Å². The van der Waals surface area contributed by atoms with Crippen LogP contribution in [0.3, 0.4) is 0 Å². The van der Waals surface area contributed by atoms with E-state index in [1.807, 2.05) is 30.3 Å². The zero-order valence-corrected chi connectivity index (χ0v) is 15.5. The number of anilines is 1. The average molecular weight is 417 g/mol. The van der Waals surface area contributed by atoms with Crippen molar-refractivity contribution in [2.75, 3.05) is 16.4 Å². The maximum atomic E-state index is 12.2. The Morgan fingerprint density at radius 1 is 1.17 bits per heavy atom. The third kappa shape index (κ3) is 4.56. The molecule has 0 bridgehead atoms. The van der Waals surface area contributed by atoms with E-state index in [1.54, 1.807) is 18.2 Å². The molecule has 0 unspecified atom stereocenters. The summed E-state index contributed by atoms with van der Waals surface area (Å²) in [4.78, 5) is 11.8. The summed E-state index contributed by atoms with van der Waals surface area (Å²) < 4.78 is 26.3. The van der Waals surface area contributed by atoms with E-state index in [1.165, 1.54) is 4.31 Å². The van der Waals surface area contributed by atoms with E-state index in [-0.39, 0.29) is 18.2 Å². The molecule has 2 aromatic carbocycles. The lowest BCUT2D eigenvalue weighted by molar-refractivity contribution is 0.102. The lowest BCUT2D eigenvalue weighted by Gasteiger charge is -2.24. The van der Waals surface area contributed by atoms with Crippen molar-refractivity contribution in [3.8, 4) is 0 Å². The molecule has 0 amide bonds. The maximum Gasteiger partial charge on any atom is 0.232 e. The first-order valence-corrected chi connectivity index (χ1v) is 9.91. The Bertz CT molecular complexity index is 809. The van der Waals surface area contributed by atoms with Crippen molar-refractivity contribution in [2.45, 2.75) is 6.54 Å². The van der Waals surface area contributed by atoms with E-state index in [0.29, 0.717) is 15.7 Å². The number of halogens is 2. The zero-order valence-electron chi connectivity index (χ0n) is 12.4. The van der Waals surface area contributed by atoms with Crippen LogP contribution in [0, 0.1) is 0 Å². The standard InChI is InChI=1S/C16H15BrClNO3S/c1-23(21,22)19(11-12-5-3-2-4-6-12)15-9-13(16(20)10-18)7-8-14(15)17/h2-9H,10-11H2,1H3. The third-order valence-electron chi connectivity index (χ3n) is 3.23. The molecule has 0 aliphatic carbocycles. The van der Waals surface area contributed by atoms with Gasteiger partial charge in [-0.2, -0.15) is 0 Å². The van der Waals surface area contributed by atoms with Gasteiger partial charge in [0.1, 0.15) is 0 Å². The number of hydrogen-bond acceptors (Lipinski definition) is 3. The highest BCUT2D eigenvalue weighted by Gasteiger charge is 2.21. The average Bonchev–Trinajstić information content (AvgIpc) is 2.52. The Morgan fingerprint density at radius 3 is 2.39 bits per heavy atom. The molecule has 23 heavy (non-hydrogen) atoms. The Kier molecular flexibility index (Phi) is 5.84. The summed E-state index contributed by atoms with van der Waals surface area (Å²) in [6, 6.07) is 14.1. The molecule has 0 heterocycles. The van der Waals surface area contributed by atoms with Crippen LogP contribution in [0.4, 0.5) is 5.69 Å². The van der Waals surface area contributed by atoms with E-state index in [9.17, 15) is 13.2 Å². The number of hydrogen-bond donors (Lipinski definition) is 0. The number of carbonyl (C=O) groups excluding carboxylic acids is 1. The number of benzene rings is 2. The Hall–Kier alpha value is -1.37. The minimum Gasteiger partial charge on any atom is -0.293 e. The Balaban J connectivity index is 2.50. The molecule has 2 aromatic rings. The number of ketones is 1. The van der Waals surface area contributed by atoms with E-state index in [4.69, 9.17) is 11.6 Å². The zero-order chi connectivity index (χ0) is 17.0. The quantitative estimate of drug-likeness (QED) is 0.531. The molecule has 0 spiro atoms. The van der Waals surface area contributed by atoms with Crippen molar-refractivity contribution in [1.29, 1.82) is 0 Å². The molecule has 0 aliphatic heterocycles. The van der Waals surface area contributed by atoms with Crippen LogP contribution in [0.2, 0.25) is 0 Å². The van der Waals surface area contributed by atoms with E-state index >= 15 is 0 Å². The van der Waals surface area contributed by atoms with Gasteiger partial charge in [0.25, 0.3) is 0 Å². The predicted octanol–water partition coefficient (Wildman–Crippen LogP) is 3.84. The highest BCUT2D eigenvalue weighted by Crippen LogP contribution is 2.31. The van der Waals surface area contributed by atoms with Crippen LogP contribution in [0.5, 0.6) is 0 Å². The Morgan fingerprint density at radius 2 is 1.83 bits per heavy atom. The maximum absolute atomic E-state index is 12.2. The summed E-state index contributed by atoms with van der Waals surface area (Å²) in [6.45, 7) is 0.177. The van der Waals surface area contributed by atoms with Crippen LogP contribution in [-0.4, -0.2) is 26.3 Å². The van der Waals surface area contributed by atoms with Gasteiger partial charge in [-0.3, -0.25) is 9.10 Å². The number of alkyl halides is 1. The van der Waals surface area contributed by atoms with Gasteiger partial charge in [0, 0.05) is 10.0 Å². The fourth-order valence-electron chi connectivity index (χ4n) is 2.08. The number of Topliss-reactive ketones (excluding diaryl/α,β-unsaturated/α-hetero) is 1. The number of carbonyl (C=O) groups is 1. The Labute approximate surface area is 149 Å². The molecular formula is C16H15BrClNO3S. The second-order valence-corrected chi connectivity index (χ2v) is 8.01. The van der Waals surface area contributed by atoms with Crippen molar-refractivity contribution in [1.82, 2.24) is 0 Å². The SMILES string of the molecule is CS(=O)(=O)N(Cc1ccccc1)c1cc(C(=O)CCl)ccc1Br. The molecule has 4 nitrogen and oxygen atoms in total. The molecule has 7 heteroatoms. The molecule has 0 aromatic heterocycles. The van der Waals surface area contributed by atoms with E-state index in [2.05, 4.69) is 15.9 Å². The number of nitrogens with zero attached hydrogens (tertiary/aromatic N) is 1. The lowest BCUT2D eigenvalue weighted by Crippen LogP contribution is -2.29. The van der Waals surface area contributed by atoms with E-state index in [0.717, 1.165) is 11.8 Å². The monoisotopic (exact) mass is 415 g/mol. The largest absolute Gasteiger partial charge is 0.293 e. The van der Waals surface area contributed by atoms with Crippen molar-refractivity contribution in [3.63, 3.8) is 0 Å². The summed E-state index contributed by atoms with van der Waals surface area (Å²) in [5, 5.41) is 0. The summed E-state index contributed by atoms with van der Waals surface area (Å²) >= 11 is 8.94. The summed E-state index contributed by atoms with van der Waals surface area (Å²) in [7, 11) is -3.53. The molecule has 2 rings (SSSR count). The van der Waals surface area contributed by atoms with E-state index < -0.39 is 10.0 Å².